The summed E-state index contributed by atoms with van der Waals surface area (Å²) >= 11 is 5.77. The average molecular weight is 256 g/mol. The molecule has 0 aromatic heterocycles. The lowest BCUT2D eigenvalue weighted by molar-refractivity contribution is 0.0928. The summed E-state index contributed by atoms with van der Waals surface area (Å²) in [5.74, 6) is 0.0847. The number of rotatable bonds is 7. The van der Waals surface area contributed by atoms with Gasteiger partial charge in [-0.25, -0.2) is 0 Å². The minimum Gasteiger partial charge on any atom is -0.396 e. The standard InChI is InChI=1S/C13H18ClNO2/c1-2-15(8-3-9-16)10-13(17)11-4-6-12(14)7-5-11/h4-7,16H,2-3,8-10H2,1H3. The lowest BCUT2D eigenvalue weighted by Crippen LogP contribution is -2.31. The van der Waals surface area contributed by atoms with E-state index < -0.39 is 0 Å². The largest absolute Gasteiger partial charge is 0.396 e. The van der Waals surface area contributed by atoms with Crippen LogP contribution in [0.25, 0.3) is 0 Å². The van der Waals surface area contributed by atoms with Crippen molar-refractivity contribution in [3.63, 3.8) is 0 Å². The number of hydrogen-bond donors (Lipinski definition) is 1. The lowest BCUT2D eigenvalue weighted by Gasteiger charge is -2.18. The Morgan fingerprint density at radius 1 is 1.35 bits per heavy atom. The van der Waals surface area contributed by atoms with Crippen molar-refractivity contribution in [2.45, 2.75) is 13.3 Å². The van der Waals surface area contributed by atoms with E-state index in [2.05, 4.69) is 0 Å². The van der Waals surface area contributed by atoms with Gasteiger partial charge in [-0.2, -0.15) is 0 Å². The first-order valence-corrected chi connectivity index (χ1v) is 6.17. The molecule has 0 unspecified atom stereocenters. The Morgan fingerprint density at radius 2 is 2.00 bits per heavy atom. The topological polar surface area (TPSA) is 40.5 Å². The van der Waals surface area contributed by atoms with Gasteiger partial charge < -0.3 is 5.11 Å². The second kappa shape index (κ2) is 7.43. The van der Waals surface area contributed by atoms with Crippen LogP contribution >= 0.6 is 11.6 Å². The molecular formula is C13H18ClNO2. The van der Waals surface area contributed by atoms with Crippen LogP contribution < -0.4 is 0 Å². The molecule has 0 aliphatic carbocycles. The Kier molecular flexibility index (Phi) is 6.19. The summed E-state index contributed by atoms with van der Waals surface area (Å²) in [5, 5.41) is 9.40. The highest BCUT2D eigenvalue weighted by atomic mass is 35.5. The molecule has 1 aromatic rings. The Bertz CT molecular complexity index is 351. The van der Waals surface area contributed by atoms with Crippen LogP contribution in [-0.4, -0.2) is 42.0 Å². The van der Waals surface area contributed by atoms with Crippen molar-refractivity contribution in [2.24, 2.45) is 0 Å². The smallest absolute Gasteiger partial charge is 0.176 e. The number of carbonyl (C=O) groups is 1. The van der Waals surface area contributed by atoms with Gasteiger partial charge in [0.25, 0.3) is 0 Å². The van der Waals surface area contributed by atoms with E-state index in [-0.39, 0.29) is 12.4 Å². The molecular weight excluding hydrogens is 238 g/mol. The van der Waals surface area contributed by atoms with Crippen LogP contribution in [0.2, 0.25) is 5.02 Å². The number of hydrogen-bond acceptors (Lipinski definition) is 3. The maximum atomic E-state index is 11.9. The van der Waals surface area contributed by atoms with Crippen LogP contribution in [0.3, 0.4) is 0 Å². The number of likely N-dealkylation sites (N-methyl/N-ethyl adjacent to an activating group) is 1. The van der Waals surface area contributed by atoms with Gasteiger partial charge in [0, 0.05) is 23.7 Å². The lowest BCUT2D eigenvalue weighted by atomic mass is 10.1. The highest BCUT2D eigenvalue weighted by molar-refractivity contribution is 6.30. The Morgan fingerprint density at radius 3 is 2.53 bits per heavy atom. The summed E-state index contributed by atoms with van der Waals surface area (Å²) in [6.07, 6.45) is 0.696. The van der Waals surface area contributed by atoms with Gasteiger partial charge in [-0.05, 0) is 37.2 Å². The molecule has 1 N–H and O–H groups in total. The van der Waals surface area contributed by atoms with Crippen molar-refractivity contribution in [3.05, 3.63) is 34.9 Å². The number of aliphatic hydroxyl groups excluding tert-OH is 1. The number of Topliss-reactive ketones (excluding diaryl/α,β-unsaturated/α-hetero) is 1. The van der Waals surface area contributed by atoms with Gasteiger partial charge in [-0.3, -0.25) is 9.69 Å². The summed E-state index contributed by atoms with van der Waals surface area (Å²) < 4.78 is 0. The predicted molar refractivity (Wildman–Crippen MR) is 69.6 cm³/mol. The molecule has 0 bridgehead atoms. The van der Waals surface area contributed by atoms with Crippen molar-refractivity contribution >= 4 is 17.4 Å². The molecule has 94 valence electrons. The van der Waals surface area contributed by atoms with E-state index in [1.54, 1.807) is 24.3 Å². The fourth-order valence-corrected chi connectivity index (χ4v) is 1.70. The van der Waals surface area contributed by atoms with Gasteiger partial charge in [0.1, 0.15) is 0 Å². The van der Waals surface area contributed by atoms with Gasteiger partial charge in [0.05, 0.1) is 6.54 Å². The Labute approximate surface area is 107 Å². The predicted octanol–water partition coefficient (Wildman–Crippen LogP) is 2.23. The van der Waals surface area contributed by atoms with Crippen LogP contribution in [0.15, 0.2) is 24.3 Å². The quantitative estimate of drug-likeness (QED) is 0.760. The third-order valence-electron chi connectivity index (χ3n) is 2.61. The van der Waals surface area contributed by atoms with Crippen molar-refractivity contribution < 1.29 is 9.90 Å². The van der Waals surface area contributed by atoms with Crippen molar-refractivity contribution in [1.82, 2.24) is 4.90 Å². The molecule has 0 aliphatic rings. The first kappa shape index (κ1) is 14.2. The van der Waals surface area contributed by atoms with Gasteiger partial charge >= 0.3 is 0 Å². The molecule has 0 heterocycles. The molecule has 0 saturated heterocycles. The first-order valence-electron chi connectivity index (χ1n) is 5.79. The highest BCUT2D eigenvalue weighted by Crippen LogP contribution is 2.10. The summed E-state index contributed by atoms with van der Waals surface area (Å²) in [6, 6.07) is 6.92. The maximum Gasteiger partial charge on any atom is 0.176 e. The van der Waals surface area contributed by atoms with Crippen LogP contribution in [0.4, 0.5) is 0 Å². The minimum absolute atomic E-state index is 0.0847. The molecule has 0 atom stereocenters. The molecule has 4 heteroatoms. The molecule has 0 fully saturated rings. The van der Waals surface area contributed by atoms with E-state index in [0.29, 0.717) is 23.6 Å². The maximum absolute atomic E-state index is 11.9. The Balaban J connectivity index is 2.54. The summed E-state index contributed by atoms with van der Waals surface area (Å²) in [6.45, 7) is 4.10. The fourth-order valence-electron chi connectivity index (χ4n) is 1.57. The molecule has 3 nitrogen and oxygen atoms in total. The van der Waals surface area contributed by atoms with Crippen LogP contribution in [0.5, 0.6) is 0 Å². The third-order valence-corrected chi connectivity index (χ3v) is 2.87. The molecule has 0 radical (unpaired) electrons. The first-order chi connectivity index (χ1) is 8.17. The molecule has 0 spiro atoms. The SMILES string of the molecule is CCN(CCCO)CC(=O)c1ccc(Cl)cc1. The zero-order chi connectivity index (χ0) is 12.7. The monoisotopic (exact) mass is 255 g/mol. The van der Waals surface area contributed by atoms with E-state index in [1.165, 1.54) is 0 Å². The van der Waals surface area contributed by atoms with E-state index in [9.17, 15) is 4.79 Å². The Hall–Kier alpha value is -0.900. The van der Waals surface area contributed by atoms with Crippen molar-refractivity contribution in [3.8, 4) is 0 Å². The fraction of sp³-hybridized carbons (Fsp3) is 0.462. The van der Waals surface area contributed by atoms with Crippen LogP contribution in [0.1, 0.15) is 23.7 Å². The van der Waals surface area contributed by atoms with Gasteiger partial charge in [-0.1, -0.05) is 18.5 Å². The third kappa shape index (κ3) is 4.86. The van der Waals surface area contributed by atoms with E-state index in [4.69, 9.17) is 16.7 Å². The van der Waals surface area contributed by atoms with Gasteiger partial charge in [-0.15, -0.1) is 0 Å². The number of halogens is 1. The van der Waals surface area contributed by atoms with Crippen molar-refractivity contribution in [1.29, 1.82) is 0 Å². The van der Waals surface area contributed by atoms with Gasteiger partial charge in [0.2, 0.25) is 0 Å². The minimum atomic E-state index is 0.0847. The molecule has 17 heavy (non-hydrogen) atoms. The number of nitrogens with zero attached hydrogens (tertiary/aromatic N) is 1. The highest BCUT2D eigenvalue weighted by Gasteiger charge is 2.10. The average Bonchev–Trinajstić information content (AvgIpc) is 2.35. The molecule has 0 aliphatic heterocycles. The second-order valence-electron chi connectivity index (χ2n) is 3.88. The zero-order valence-electron chi connectivity index (χ0n) is 10.0. The number of ketones is 1. The molecule has 0 amide bonds. The summed E-state index contributed by atoms with van der Waals surface area (Å²) in [7, 11) is 0. The summed E-state index contributed by atoms with van der Waals surface area (Å²) in [5.41, 5.74) is 0.678. The number of carbonyl (C=O) groups excluding carboxylic acids is 1. The van der Waals surface area contributed by atoms with Gasteiger partial charge in [0.15, 0.2) is 5.78 Å². The van der Waals surface area contributed by atoms with Crippen molar-refractivity contribution in [2.75, 3.05) is 26.2 Å². The number of benzene rings is 1. The zero-order valence-corrected chi connectivity index (χ0v) is 10.8. The van der Waals surface area contributed by atoms with E-state index in [1.807, 2.05) is 11.8 Å². The summed E-state index contributed by atoms with van der Waals surface area (Å²) in [4.78, 5) is 14.0. The van der Waals surface area contributed by atoms with E-state index >= 15 is 0 Å². The van der Waals surface area contributed by atoms with Crippen LogP contribution in [0, 0.1) is 0 Å². The molecule has 1 rings (SSSR count). The normalized spacial score (nSPS) is 10.8. The van der Waals surface area contributed by atoms with E-state index in [0.717, 1.165) is 13.1 Å². The second-order valence-corrected chi connectivity index (χ2v) is 4.31. The van der Waals surface area contributed by atoms with Crippen LogP contribution in [-0.2, 0) is 0 Å². The molecule has 0 saturated carbocycles. The molecule has 1 aromatic carbocycles. The number of aliphatic hydroxyl groups is 1.